The van der Waals surface area contributed by atoms with Crippen LogP contribution in [-0.2, 0) is 9.53 Å². The van der Waals surface area contributed by atoms with Crippen molar-refractivity contribution in [2.24, 2.45) is 5.92 Å². The van der Waals surface area contributed by atoms with E-state index in [0.29, 0.717) is 5.92 Å². The minimum absolute atomic E-state index is 0.152. The van der Waals surface area contributed by atoms with E-state index in [4.69, 9.17) is 4.74 Å². The molecule has 0 bridgehead atoms. The van der Waals surface area contributed by atoms with Gasteiger partial charge in [0.1, 0.15) is 6.61 Å². The Morgan fingerprint density at radius 2 is 2.47 bits per heavy atom. The first-order valence-corrected chi connectivity index (χ1v) is 5.91. The summed E-state index contributed by atoms with van der Waals surface area (Å²) in [7, 11) is 0. The quantitative estimate of drug-likeness (QED) is 0.728. The number of amides is 1. The predicted molar refractivity (Wildman–Crippen MR) is 57.6 cm³/mol. The minimum Gasteiger partial charge on any atom is -0.366 e. The second kappa shape index (κ2) is 4.94. The van der Waals surface area contributed by atoms with Crippen molar-refractivity contribution in [3.8, 4) is 0 Å². The Hall–Kier alpha value is -0.610. The Labute approximate surface area is 91.0 Å². The molecule has 2 atom stereocenters. The third-order valence-corrected chi connectivity index (χ3v) is 3.29. The smallest absolute Gasteiger partial charge is 0.248 e. The number of ether oxygens (including phenoxy) is 1. The molecule has 2 saturated heterocycles. The summed E-state index contributed by atoms with van der Waals surface area (Å²) < 4.78 is 5.62. The van der Waals surface area contributed by atoms with Gasteiger partial charge in [-0.1, -0.05) is 6.92 Å². The first kappa shape index (κ1) is 10.9. The lowest BCUT2D eigenvalue weighted by Gasteiger charge is -2.35. The van der Waals surface area contributed by atoms with E-state index >= 15 is 0 Å². The molecule has 2 aliphatic heterocycles. The zero-order valence-corrected chi connectivity index (χ0v) is 9.37. The summed E-state index contributed by atoms with van der Waals surface area (Å²) in [6.45, 7) is 6.18. The standard InChI is InChI=1S/C11H20N2O2/c1-2-5-13-7-10(15-8-11(13)14)9-3-4-12-6-9/h9-10,12H,2-8H2,1H3. The van der Waals surface area contributed by atoms with Crippen molar-refractivity contribution in [1.82, 2.24) is 10.2 Å². The fraction of sp³-hybridized carbons (Fsp3) is 0.909. The highest BCUT2D eigenvalue weighted by Crippen LogP contribution is 2.20. The van der Waals surface area contributed by atoms with Crippen LogP contribution in [0.2, 0.25) is 0 Å². The van der Waals surface area contributed by atoms with Crippen molar-refractivity contribution in [1.29, 1.82) is 0 Å². The van der Waals surface area contributed by atoms with Crippen LogP contribution in [0.1, 0.15) is 19.8 Å². The Morgan fingerprint density at radius 3 is 3.13 bits per heavy atom. The van der Waals surface area contributed by atoms with Crippen LogP contribution in [0.3, 0.4) is 0 Å². The van der Waals surface area contributed by atoms with Crippen LogP contribution in [0, 0.1) is 5.92 Å². The van der Waals surface area contributed by atoms with Crippen molar-refractivity contribution in [2.75, 3.05) is 32.8 Å². The fourth-order valence-corrected chi connectivity index (χ4v) is 2.41. The lowest BCUT2D eigenvalue weighted by molar-refractivity contribution is -0.151. The van der Waals surface area contributed by atoms with E-state index in [-0.39, 0.29) is 18.6 Å². The van der Waals surface area contributed by atoms with Gasteiger partial charge in [-0.15, -0.1) is 0 Å². The monoisotopic (exact) mass is 212 g/mol. The van der Waals surface area contributed by atoms with Gasteiger partial charge in [-0.2, -0.15) is 0 Å². The van der Waals surface area contributed by atoms with Gasteiger partial charge in [-0.3, -0.25) is 4.79 Å². The Kier molecular flexibility index (Phi) is 3.59. The summed E-state index contributed by atoms with van der Waals surface area (Å²) in [5, 5.41) is 3.34. The molecule has 1 N–H and O–H groups in total. The molecule has 2 aliphatic rings. The molecule has 2 rings (SSSR count). The van der Waals surface area contributed by atoms with Gasteiger partial charge in [0.15, 0.2) is 0 Å². The maximum atomic E-state index is 11.5. The highest BCUT2D eigenvalue weighted by molar-refractivity contribution is 5.78. The van der Waals surface area contributed by atoms with Crippen LogP contribution in [0.4, 0.5) is 0 Å². The second-order valence-electron chi connectivity index (χ2n) is 4.44. The molecule has 0 radical (unpaired) electrons. The number of nitrogens with one attached hydrogen (secondary N) is 1. The summed E-state index contributed by atoms with van der Waals surface area (Å²) in [5.74, 6) is 0.747. The lowest BCUT2D eigenvalue weighted by atomic mass is 10.00. The van der Waals surface area contributed by atoms with E-state index in [1.807, 2.05) is 4.90 Å². The number of rotatable bonds is 3. The molecule has 86 valence electrons. The van der Waals surface area contributed by atoms with E-state index in [2.05, 4.69) is 12.2 Å². The summed E-state index contributed by atoms with van der Waals surface area (Å²) in [5.41, 5.74) is 0. The van der Waals surface area contributed by atoms with E-state index < -0.39 is 0 Å². The largest absolute Gasteiger partial charge is 0.366 e. The van der Waals surface area contributed by atoms with Crippen LogP contribution in [0.5, 0.6) is 0 Å². The van der Waals surface area contributed by atoms with Gasteiger partial charge >= 0.3 is 0 Å². The maximum Gasteiger partial charge on any atom is 0.248 e. The van der Waals surface area contributed by atoms with Crippen molar-refractivity contribution in [3.63, 3.8) is 0 Å². The zero-order valence-electron chi connectivity index (χ0n) is 9.37. The van der Waals surface area contributed by atoms with Crippen molar-refractivity contribution in [2.45, 2.75) is 25.9 Å². The first-order chi connectivity index (χ1) is 7.31. The van der Waals surface area contributed by atoms with E-state index in [1.54, 1.807) is 0 Å². The normalized spacial score (nSPS) is 32.3. The Bertz CT molecular complexity index is 227. The van der Waals surface area contributed by atoms with E-state index in [9.17, 15) is 4.79 Å². The minimum atomic E-state index is 0.152. The van der Waals surface area contributed by atoms with Gasteiger partial charge in [-0.25, -0.2) is 0 Å². The Balaban J connectivity index is 1.89. The summed E-state index contributed by atoms with van der Waals surface area (Å²) in [4.78, 5) is 13.5. The zero-order chi connectivity index (χ0) is 10.7. The number of carbonyl (C=O) groups is 1. The SMILES string of the molecule is CCCN1CC(C2CCNC2)OCC1=O. The van der Waals surface area contributed by atoms with E-state index in [0.717, 1.165) is 32.6 Å². The van der Waals surface area contributed by atoms with Crippen molar-refractivity contribution in [3.05, 3.63) is 0 Å². The lowest BCUT2D eigenvalue weighted by Crippen LogP contribution is -2.49. The summed E-state index contributed by atoms with van der Waals surface area (Å²) in [6.07, 6.45) is 2.46. The molecule has 4 heteroatoms. The molecule has 2 fully saturated rings. The number of hydrogen-bond donors (Lipinski definition) is 1. The molecule has 0 spiro atoms. The van der Waals surface area contributed by atoms with Gasteiger partial charge in [0, 0.05) is 25.6 Å². The molecule has 0 saturated carbocycles. The van der Waals surface area contributed by atoms with Crippen LogP contribution >= 0.6 is 0 Å². The fourth-order valence-electron chi connectivity index (χ4n) is 2.41. The summed E-state index contributed by atoms with van der Waals surface area (Å²) >= 11 is 0. The van der Waals surface area contributed by atoms with Gasteiger partial charge in [-0.05, 0) is 19.4 Å². The molecule has 0 aromatic rings. The van der Waals surface area contributed by atoms with Gasteiger partial charge in [0.2, 0.25) is 5.91 Å². The van der Waals surface area contributed by atoms with Crippen LogP contribution in [0.15, 0.2) is 0 Å². The van der Waals surface area contributed by atoms with Gasteiger partial charge < -0.3 is 15.0 Å². The van der Waals surface area contributed by atoms with Crippen molar-refractivity contribution >= 4 is 5.91 Å². The molecule has 4 nitrogen and oxygen atoms in total. The number of carbonyl (C=O) groups excluding carboxylic acids is 1. The second-order valence-corrected chi connectivity index (χ2v) is 4.44. The van der Waals surface area contributed by atoms with Crippen LogP contribution < -0.4 is 5.32 Å². The van der Waals surface area contributed by atoms with Gasteiger partial charge in [0.05, 0.1) is 6.10 Å². The third kappa shape index (κ3) is 2.49. The molecule has 0 aromatic carbocycles. The van der Waals surface area contributed by atoms with E-state index in [1.165, 1.54) is 6.42 Å². The number of nitrogens with zero attached hydrogens (tertiary/aromatic N) is 1. The highest BCUT2D eigenvalue weighted by atomic mass is 16.5. The molecule has 0 aliphatic carbocycles. The topological polar surface area (TPSA) is 41.6 Å². The van der Waals surface area contributed by atoms with Crippen molar-refractivity contribution < 1.29 is 9.53 Å². The molecule has 2 unspecified atom stereocenters. The molecule has 0 aromatic heterocycles. The van der Waals surface area contributed by atoms with Gasteiger partial charge in [0.25, 0.3) is 0 Å². The molecule has 15 heavy (non-hydrogen) atoms. The molecular weight excluding hydrogens is 192 g/mol. The van der Waals surface area contributed by atoms with Crippen LogP contribution in [0.25, 0.3) is 0 Å². The third-order valence-electron chi connectivity index (χ3n) is 3.29. The van der Waals surface area contributed by atoms with Crippen LogP contribution in [-0.4, -0.2) is 49.7 Å². The predicted octanol–water partition coefficient (Wildman–Crippen LogP) is 0.233. The highest BCUT2D eigenvalue weighted by Gasteiger charge is 2.32. The molecule has 2 heterocycles. The molecular formula is C11H20N2O2. The average molecular weight is 212 g/mol. The summed E-state index contributed by atoms with van der Waals surface area (Å²) in [6, 6.07) is 0. The number of hydrogen-bond acceptors (Lipinski definition) is 3. The molecule has 1 amide bonds. The maximum absolute atomic E-state index is 11.5. The first-order valence-electron chi connectivity index (χ1n) is 5.91. The number of morpholine rings is 1. The average Bonchev–Trinajstić information content (AvgIpc) is 2.75. The Morgan fingerprint density at radius 1 is 1.60 bits per heavy atom.